The average molecular weight is 827 g/mol. The van der Waals surface area contributed by atoms with Gasteiger partial charge in [0.05, 0.1) is 22.7 Å². The fourth-order valence-electron chi connectivity index (χ4n) is 11.2. The van der Waals surface area contributed by atoms with Gasteiger partial charge in [-0.05, 0) is 108 Å². The molecule has 0 amide bonds. The summed E-state index contributed by atoms with van der Waals surface area (Å²) in [6, 6.07) is 64.6. The lowest BCUT2D eigenvalue weighted by Crippen LogP contribution is -2.15. The first-order valence-corrected chi connectivity index (χ1v) is 22.9. The summed E-state index contributed by atoms with van der Waals surface area (Å²) in [5, 5.41) is 11.9. The molecule has 0 bridgehead atoms. The van der Waals surface area contributed by atoms with Gasteiger partial charge in [-0.1, -0.05) is 153 Å². The van der Waals surface area contributed by atoms with Crippen LogP contribution < -0.4 is 9.80 Å². The van der Waals surface area contributed by atoms with Crippen molar-refractivity contribution >= 4 is 110 Å². The van der Waals surface area contributed by atoms with Crippen LogP contribution in [0, 0.1) is 13.8 Å². The van der Waals surface area contributed by atoms with Gasteiger partial charge in [0.25, 0.3) is 0 Å². The standard InChI is InChI=1S/C60H46N2O2/c1-37-16-12-24-45-47-26-14-28-51(59(47)63-57(37)45)61(43-20-8-4-9-21-43)53-36-54(50-33-31-41-35-42(39-18-6-3-7-19-39)34-40-30-32-49(53)56(50)55(40)41)62(44-22-10-5-11-23-44)52-29-15-27-48-46-25-13-17-38(2)58(46)64-60(48)52/h4-5,8-17,20-36,39H,3,6-7,18-19H2,1-2H3. The third-order valence-electron chi connectivity index (χ3n) is 14.2. The Morgan fingerprint density at radius 2 is 0.828 bits per heavy atom. The number of hydrogen-bond donors (Lipinski definition) is 0. The molecule has 0 N–H and O–H groups in total. The monoisotopic (exact) mass is 826 g/mol. The van der Waals surface area contributed by atoms with E-state index in [2.05, 4.69) is 200 Å². The minimum Gasteiger partial charge on any atom is -0.454 e. The van der Waals surface area contributed by atoms with E-state index in [-0.39, 0.29) is 0 Å². The van der Waals surface area contributed by atoms with Crippen molar-refractivity contribution in [2.45, 2.75) is 51.9 Å². The van der Waals surface area contributed by atoms with Crippen LogP contribution in [0.15, 0.2) is 185 Å². The minimum absolute atomic E-state index is 0.602. The number of rotatable bonds is 7. The van der Waals surface area contributed by atoms with Crippen molar-refractivity contribution in [3.63, 3.8) is 0 Å². The van der Waals surface area contributed by atoms with Gasteiger partial charge in [0, 0.05) is 49.1 Å². The van der Waals surface area contributed by atoms with E-state index < -0.39 is 0 Å². The van der Waals surface area contributed by atoms with E-state index in [4.69, 9.17) is 8.83 Å². The average Bonchev–Trinajstić information content (AvgIpc) is 3.94. The molecule has 2 heterocycles. The zero-order valence-electron chi connectivity index (χ0n) is 36.1. The molecule has 10 aromatic carbocycles. The molecule has 2 aromatic heterocycles. The summed E-state index contributed by atoms with van der Waals surface area (Å²) >= 11 is 0. The molecule has 4 nitrogen and oxygen atoms in total. The van der Waals surface area contributed by atoms with Gasteiger partial charge >= 0.3 is 0 Å². The summed E-state index contributed by atoms with van der Waals surface area (Å²) in [5.74, 6) is 0.602. The molecule has 1 aliphatic rings. The quantitative estimate of drug-likeness (QED) is 0.150. The number of fused-ring (bicyclic) bond motifs is 6. The molecule has 0 atom stereocenters. The molecule has 308 valence electrons. The van der Waals surface area contributed by atoms with Gasteiger partial charge in [0.2, 0.25) is 0 Å². The van der Waals surface area contributed by atoms with Gasteiger partial charge in [0.15, 0.2) is 11.2 Å². The number of hydrogen-bond acceptors (Lipinski definition) is 4. The first-order chi connectivity index (χ1) is 31.6. The summed E-state index contributed by atoms with van der Waals surface area (Å²) in [6.45, 7) is 4.27. The van der Waals surface area contributed by atoms with Crippen molar-refractivity contribution in [1.82, 2.24) is 0 Å². The Hall–Kier alpha value is -7.56. The second-order valence-electron chi connectivity index (χ2n) is 18.0. The fourth-order valence-corrected chi connectivity index (χ4v) is 11.2. The molecule has 13 rings (SSSR count). The number of benzene rings is 10. The van der Waals surface area contributed by atoms with Gasteiger partial charge in [-0.15, -0.1) is 0 Å². The predicted octanol–water partition coefficient (Wildman–Crippen LogP) is 18.0. The Balaban J connectivity index is 1.17. The van der Waals surface area contributed by atoms with Gasteiger partial charge in [0.1, 0.15) is 11.2 Å². The summed E-state index contributed by atoms with van der Waals surface area (Å²) < 4.78 is 13.9. The zero-order chi connectivity index (χ0) is 42.5. The van der Waals surface area contributed by atoms with Crippen molar-refractivity contribution in [3.8, 4) is 0 Å². The number of anilines is 6. The maximum atomic E-state index is 6.97. The molecule has 4 heteroatoms. The number of para-hydroxylation sites is 6. The van der Waals surface area contributed by atoms with Crippen molar-refractivity contribution in [2.75, 3.05) is 9.80 Å². The number of nitrogens with zero attached hydrogens (tertiary/aromatic N) is 2. The fraction of sp³-hybridized carbons (Fsp3) is 0.133. The molecule has 12 aromatic rings. The van der Waals surface area contributed by atoms with Crippen LogP contribution in [0.25, 0.3) is 76.2 Å². The van der Waals surface area contributed by atoms with E-state index in [1.54, 1.807) is 0 Å². The first-order valence-electron chi connectivity index (χ1n) is 22.9. The Morgan fingerprint density at radius 3 is 1.31 bits per heavy atom. The van der Waals surface area contributed by atoms with E-state index >= 15 is 0 Å². The van der Waals surface area contributed by atoms with Crippen LogP contribution in [0.4, 0.5) is 34.1 Å². The van der Waals surface area contributed by atoms with Crippen LogP contribution in [0.3, 0.4) is 0 Å². The molecule has 0 saturated heterocycles. The second kappa shape index (κ2) is 14.5. The van der Waals surface area contributed by atoms with E-state index in [1.807, 2.05) is 0 Å². The van der Waals surface area contributed by atoms with Crippen LogP contribution in [-0.2, 0) is 0 Å². The van der Waals surface area contributed by atoms with E-state index in [9.17, 15) is 0 Å². The smallest absolute Gasteiger partial charge is 0.159 e. The van der Waals surface area contributed by atoms with E-state index in [1.165, 1.54) is 70.0 Å². The molecule has 1 saturated carbocycles. The van der Waals surface area contributed by atoms with Crippen LogP contribution in [0.5, 0.6) is 0 Å². The summed E-state index contributed by atoms with van der Waals surface area (Å²) in [7, 11) is 0. The maximum Gasteiger partial charge on any atom is 0.159 e. The van der Waals surface area contributed by atoms with Gasteiger partial charge < -0.3 is 18.6 Å². The van der Waals surface area contributed by atoms with Gasteiger partial charge in [-0.2, -0.15) is 0 Å². The Labute approximate surface area is 371 Å². The normalized spacial score (nSPS) is 13.7. The van der Waals surface area contributed by atoms with Gasteiger partial charge in [-0.3, -0.25) is 0 Å². The highest BCUT2D eigenvalue weighted by Gasteiger charge is 2.28. The third kappa shape index (κ3) is 5.61. The SMILES string of the molecule is Cc1cccc2c1oc1c(N(c3ccccc3)c3cc(N(c4ccccc4)c4cccc5c4oc4c(C)cccc45)c4ccc5cc(C6CCCCC6)cc6ccc3c4c65)cccc12. The van der Waals surface area contributed by atoms with Crippen LogP contribution in [-0.4, -0.2) is 0 Å². The minimum atomic E-state index is 0.602. The van der Waals surface area contributed by atoms with Crippen LogP contribution in [0.1, 0.15) is 54.7 Å². The lowest BCUT2D eigenvalue weighted by molar-refractivity contribution is 0.444. The summed E-state index contributed by atoms with van der Waals surface area (Å²) in [4.78, 5) is 4.86. The molecular weight excluding hydrogens is 781 g/mol. The number of aryl methyl sites for hydroxylation is 2. The molecule has 0 aliphatic heterocycles. The highest BCUT2D eigenvalue weighted by Crippen LogP contribution is 2.53. The lowest BCUT2D eigenvalue weighted by atomic mass is 9.82. The predicted molar refractivity (Wildman–Crippen MR) is 269 cm³/mol. The number of furan rings is 2. The van der Waals surface area contributed by atoms with Crippen molar-refractivity contribution < 1.29 is 8.83 Å². The largest absolute Gasteiger partial charge is 0.454 e. The van der Waals surface area contributed by atoms with Crippen molar-refractivity contribution in [1.29, 1.82) is 0 Å². The van der Waals surface area contributed by atoms with Crippen LogP contribution in [0.2, 0.25) is 0 Å². The first kappa shape index (κ1) is 37.0. The van der Waals surface area contributed by atoms with E-state index in [0.717, 1.165) is 89.1 Å². The third-order valence-corrected chi connectivity index (χ3v) is 14.2. The maximum absolute atomic E-state index is 6.97. The topological polar surface area (TPSA) is 32.8 Å². The van der Waals surface area contributed by atoms with Gasteiger partial charge in [-0.25, -0.2) is 0 Å². The van der Waals surface area contributed by atoms with Crippen LogP contribution >= 0.6 is 0 Å². The summed E-state index contributed by atoms with van der Waals surface area (Å²) in [5.41, 5.74) is 13.5. The molecule has 0 radical (unpaired) electrons. The Bertz CT molecular complexity index is 3510. The molecule has 1 aliphatic carbocycles. The molecule has 0 spiro atoms. The molecule has 64 heavy (non-hydrogen) atoms. The lowest BCUT2D eigenvalue weighted by Gasteiger charge is -2.32. The second-order valence-corrected chi connectivity index (χ2v) is 18.0. The van der Waals surface area contributed by atoms with E-state index in [0.29, 0.717) is 5.92 Å². The Morgan fingerprint density at radius 1 is 0.375 bits per heavy atom. The van der Waals surface area contributed by atoms with Crippen molar-refractivity contribution in [3.05, 3.63) is 193 Å². The highest BCUT2D eigenvalue weighted by molar-refractivity contribution is 6.29. The Kier molecular flexibility index (Phi) is 8.39. The zero-order valence-corrected chi connectivity index (χ0v) is 36.1. The molecule has 0 unspecified atom stereocenters. The molecular formula is C60H46N2O2. The summed E-state index contributed by atoms with van der Waals surface area (Å²) in [6.07, 6.45) is 6.48. The highest BCUT2D eigenvalue weighted by atomic mass is 16.3. The molecule has 1 fully saturated rings. The van der Waals surface area contributed by atoms with Crippen molar-refractivity contribution in [2.24, 2.45) is 0 Å².